The van der Waals surface area contributed by atoms with Crippen molar-refractivity contribution in [3.05, 3.63) is 64.7 Å². The molecule has 3 heteroatoms. The lowest BCUT2D eigenvalue weighted by Crippen LogP contribution is -1.98. The van der Waals surface area contributed by atoms with Crippen molar-refractivity contribution in [3.8, 4) is 0 Å². The van der Waals surface area contributed by atoms with Crippen LogP contribution in [0.1, 0.15) is 46.8 Å². The van der Waals surface area contributed by atoms with Crippen LogP contribution in [0, 0.1) is 6.92 Å². The van der Waals surface area contributed by atoms with Gasteiger partial charge in [-0.05, 0) is 53.8 Å². The number of hydrogen-bond donors (Lipinski definition) is 1. The van der Waals surface area contributed by atoms with Crippen LogP contribution in [-0.2, 0) is 5.75 Å². The van der Waals surface area contributed by atoms with Crippen molar-refractivity contribution in [3.63, 3.8) is 0 Å². The van der Waals surface area contributed by atoms with Gasteiger partial charge in [0.05, 0.1) is 5.56 Å². The van der Waals surface area contributed by atoms with Crippen LogP contribution in [-0.4, -0.2) is 11.1 Å². The first kappa shape index (κ1) is 15.6. The number of aromatic carboxylic acids is 1. The zero-order chi connectivity index (χ0) is 15.4. The lowest BCUT2D eigenvalue weighted by Gasteiger charge is -2.09. The fraction of sp³-hybridized carbons (Fsp3) is 0.278. The van der Waals surface area contributed by atoms with E-state index in [4.69, 9.17) is 5.11 Å². The molecule has 0 unspecified atom stereocenters. The van der Waals surface area contributed by atoms with Gasteiger partial charge in [-0.15, -0.1) is 11.8 Å². The van der Waals surface area contributed by atoms with Crippen LogP contribution in [0.3, 0.4) is 0 Å². The van der Waals surface area contributed by atoms with E-state index in [9.17, 15) is 4.79 Å². The molecule has 0 aromatic heterocycles. The molecule has 0 aliphatic rings. The van der Waals surface area contributed by atoms with Gasteiger partial charge < -0.3 is 5.11 Å². The fourth-order valence-electron chi connectivity index (χ4n) is 2.10. The molecular weight excluding hydrogens is 280 g/mol. The molecule has 0 radical (unpaired) electrons. The van der Waals surface area contributed by atoms with Gasteiger partial charge in [0, 0.05) is 10.6 Å². The lowest BCUT2D eigenvalue weighted by atomic mass is 10.0. The minimum absolute atomic E-state index is 0.350. The summed E-state index contributed by atoms with van der Waals surface area (Å²) in [6.07, 6.45) is 0. The molecule has 0 fully saturated rings. The van der Waals surface area contributed by atoms with Crippen LogP contribution in [0.25, 0.3) is 0 Å². The summed E-state index contributed by atoms with van der Waals surface area (Å²) in [6.45, 7) is 6.34. The molecule has 0 aliphatic heterocycles. The van der Waals surface area contributed by atoms with Crippen LogP contribution >= 0.6 is 11.8 Å². The first-order chi connectivity index (χ1) is 9.97. The summed E-state index contributed by atoms with van der Waals surface area (Å²) in [4.78, 5) is 12.2. The molecule has 2 aromatic carbocycles. The number of hydrogen-bond acceptors (Lipinski definition) is 2. The van der Waals surface area contributed by atoms with Crippen molar-refractivity contribution in [2.75, 3.05) is 0 Å². The zero-order valence-electron chi connectivity index (χ0n) is 12.6. The number of aryl methyl sites for hydroxylation is 1. The second-order valence-corrected chi connectivity index (χ2v) is 6.51. The summed E-state index contributed by atoms with van der Waals surface area (Å²) < 4.78 is 0. The maximum absolute atomic E-state index is 10.9. The van der Waals surface area contributed by atoms with E-state index >= 15 is 0 Å². The highest BCUT2D eigenvalue weighted by Crippen LogP contribution is 2.26. The molecule has 0 saturated carbocycles. The Morgan fingerprint density at radius 3 is 2.33 bits per heavy atom. The van der Waals surface area contributed by atoms with Crippen molar-refractivity contribution in [1.82, 2.24) is 0 Å². The quantitative estimate of drug-likeness (QED) is 0.780. The topological polar surface area (TPSA) is 37.3 Å². The predicted octanol–water partition coefficient (Wildman–Crippen LogP) is 5.11. The molecule has 2 nitrogen and oxygen atoms in total. The second-order valence-electron chi connectivity index (χ2n) is 5.46. The summed E-state index contributed by atoms with van der Waals surface area (Å²) in [5.41, 5.74) is 3.91. The monoisotopic (exact) mass is 300 g/mol. The van der Waals surface area contributed by atoms with Gasteiger partial charge in [-0.25, -0.2) is 4.79 Å². The van der Waals surface area contributed by atoms with Gasteiger partial charge in [0.15, 0.2) is 0 Å². The third-order valence-corrected chi connectivity index (χ3v) is 4.59. The van der Waals surface area contributed by atoms with Crippen molar-refractivity contribution in [2.24, 2.45) is 0 Å². The molecule has 0 heterocycles. The molecule has 0 bridgehead atoms. The Bertz CT molecular complexity index is 630. The standard InChI is InChI=1S/C18H20O2S/c1-12(2)14-6-8-17(9-7-14)21-11-16-5-4-15(18(19)20)10-13(16)3/h4-10,12H,11H2,1-3H3,(H,19,20). The van der Waals surface area contributed by atoms with Crippen LogP contribution in [0.2, 0.25) is 0 Å². The molecule has 1 N–H and O–H groups in total. The third-order valence-electron chi connectivity index (χ3n) is 3.53. The van der Waals surface area contributed by atoms with Gasteiger partial charge in [-0.1, -0.05) is 32.0 Å². The summed E-state index contributed by atoms with van der Waals surface area (Å²) in [5.74, 6) is 0.531. The van der Waals surface area contributed by atoms with Gasteiger partial charge in [-0.3, -0.25) is 0 Å². The summed E-state index contributed by atoms with van der Waals surface area (Å²) in [7, 11) is 0. The number of thioether (sulfide) groups is 1. The molecule has 0 atom stereocenters. The molecular formula is C18H20O2S. The van der Waals surface area contributed by atoms with E-state index in [2.05, 4.69) is 38.1 Å². The molecule has 0 aliphatic carbocycles. The van der Waals surface area contributed by atoms with Crippen LogP contribution in [0.5, 0.6) is 0 Å². The molecule has 0 amide bonds. The molecule has 110 valence electrons. The number of benzene rings is 2. The van der Waals surface area contributed by atoms with Crippen molar-refractivity contribution in [1.29, 1.82) is 0 Å². The number of carbonyl (C=O) groups is 1. The second kappa shape index (κ2) is 6.81. The van der Waals surface area contributed by atoms with Crippen molar-refractivity contribution < 1.29 is 9.90 Å². The number of carboxylic acids is 1. The average Bonchev–Trinajstić information content (AvgIpc) is 2.46. The van der Waals surface area contributed by atoms with Gasteiger partial charge in [0.25, 0.3) is 0 Å². The smallest absolute Gasteiger partial charge is 0.335 e. The van der Waals surface area contributed by atoms with Gasteiger partial charge in [-0.2, -0.15) is 0 Å². The summed E-state index contributed by atoms with van der Waals surface area (Å²) >= 11 is 1.77. The Morgan fingerprint density at radius 1 is 1.14 bits per heavy atom. The average molecular weight is 300 g/mol. The van der Waals surface area contributed by atoms with E-state index in [0.717, 1.165) is 11.3 Å². The highest BCUT2D eigenvalue weighted by Gasteiger charge is 2.06. The lowest BCUT2D eigenvalue weighted by molar-refractivity contribution is 0.0697. The molecule has 0 spiro atoms. The fourth-order valence-corrected chi connectivity index (χ4v) is 3.08. The van der Waals surface area contributed by atoms with Gasteiger partial charge in [0.1, 0.15) is 0 Å². The van der Waals surface area contributed by atoms with E-state index in [1.54, 1.807) is 23.9 Å². The third kappa shape index (κ3) is 4.11. The van der Waals surface area contributed by atoms with E-state index in [1.807, 2.05) is 13.0 Å². The molecule has 2 rings (SSSR count). The van der Waals surface area contributed by atoms with Crippen LogP contribution in [0.4, 0.5) is 0 Å². The van der Waals surface area contributed by atoms with E-state index in [0.29, 0.717) is 11.5 Å². The zero-order valence-corrected chi connectivity index (χ0v) is 13.4. The van der Waals surface area contributed by atoms with Crippen LogP contribution < -0.4 is 0 Å². The molecule has 2 aromatic rings. The number of rotatable bonds is 5. The number of carboxylic acid groups (broad SMARTS) is 1. The largest absolute Gasteiger partial charge is 0.478 e. The van der Waals surface area contributed by atoms with Gasteiger partial charge in [0.2, 0.25) is 0 Å². The Labute approximate surface area is 130 Å². The first-order valence-corrected chi connectivity index (χ1v) is 8.01. The summed E-state index contributed by atoms with van der Waals surface area (Å²) in [5, 5.41) is 8.97. The minimum Gasteiger partial charge on any atom is -0.478 e. The molecule has 0 saturated heterocycles. The Balaban J connectivity index is 2.04. The first-order valence-electron chi connectivity index (χ1n) is 7.03. The van der Waals surface area contributed by atoms with Crippen molar-refractivity contribution >= 4 is 17.7 Å². The Kier molecular flexibility index (Phi) is 5.07. The highest BCUT2D eigenvalue weighted by molar-refractivity contribution is 7.98. The van der Waals surface area contributed by atoms with Crippen molar-refractivity contribution in [2.45, 2.75) is 37.3 Å². The Morgan fingerprint density at radius 2 is 1.81 bits per heavy atom. The van der Waals surface area contributed by atoms with Crippen LogP contribution in [0.15, 0.2) is 47.4 Å². The van der Waals surface area contributed by atoms with Gasteiger partial charge >= 0.3 is 5.97 Å². The Hall–Kier alpha value is -1.74. The molecule has 21 heavy (non-hydrogen) atoms. The summed E-state index contributed by atoms with van der Waals surface area (Å²) in [6, 6.07) is 14.0. The predicted molar refractivity (Wildman–Crippen MR) is 88.2 cm³/mol. The normalized spacial score (nSPS) is 10.9. The van der Waals surface area contributed by atoms with E-state index < -0.39 is 5.97 Å². The highest BCUT2D eigenvalue weighted by atomic mass is 32.2. The minimum atomic E-state index is -0.874. The van der Waals surface area contributed by atoms with E-state index in [1.165, 1.54) is 16.0 Å². The SMILES string of the molecule is Cc1cc(C(=O)O)ccc1CSc1ccc(C(C)C)cc1. The maximum Gasteiger partial charge on any atom is 0.335 e. The van der Waals surface area contributed by atoms with E-state index in [-0.39, 0.29) is 0 Å². The maximum atomic E-state index is 10.9.